The van der Waals surface area contributed by atoms with Crippen molar-refractivity contribution < 1.29 is 9.13 Å². The summed E-state index contributed by atoms with van der Waals surface area (Å²) in [7, 11) is 0. The van der Waals surface area contributed by atoms with E-state index in [1.807, 2.05) is 0 Å². The fraction of sp³-hybridized carbons (Fsp3) is 0.286. The molecule has 1 fully saturated rings. The van der Waals surface area contributed by atoms with Crippen LogP contribution in [0.25, 0.3) is 0 Å². The third-order valence-electron chi connectivity index (χ3n) is 3.12. The molecule has 1 aromatic heterocycles. The molecule has 0 unspecified atom stereocenters. The molecule has 0 spiro atoms. The van der Waals surface area contributed by atoms with Gasteiger partial charge in [-0.15, -0.1) is 0 Å². The highest BCUT2D eigenvalue weighted by molar-refractivity contribution is 6.31. The van der Waals surface area contributed by atoms with Gasteiger partial charge in [-0.05, 0) is 31.9 Å². The molecule has 104 valence electrons. The van der Waals surface area contributed by atoms with E-state index >= 15 is 0 Å². The van der Waals surface area contributed by atoms with Crippen LogP contribution in [0.1, 0.15) is 30.1 Å². The lowest BCUT2D eigenvalue weighted by molar-refractivity contribution is 0.421. The van der Waals surface area contributed by atoms with E-state index in [0.717, 1.165) is 12.8 Å². The van der Waals surface area contributed by atoms with Gasteiger partial charge >= 0.3 is 0 Å². The molecule has 1 aliphatic rings. The molecule has 1 heterocycles. The predicted octanol–water partition coefficient (Wildman–Crippen LogP) is 4.90. The number of ether oxygens (including phenoxy) is 1. The number of hydrogen-bond donors (Lipinski definition) is 0. The summed E-state index contributed by atoms with van der Waals surface area (Å²) in [5, 5.41) is 0.335. The van der Waals surface area contributed by atoms with Crippen LogP contribution in [0.3, 0.4) is 0 Å². The smallest absolute Gasteiger partial charge is 0.227 e. The van der Waals surface area contributed by atoms with Crippen LogP contribution in [0.15, 0.2) is 18.2 Å². The number of rotatable bonds is 3. The molecule has 6 heteroatoms. The number of halogens is 3. The number of nitrogens with zero attached hydrogens (tertiary/aromatic N) is 2. The zero-order valence-electron chi connectivity index (χ0n) is 10.7. The molecule has 3 nitrogen and oxygen atoms in total. The Balaban J connectivity index is 1.99. The van der Waals surface area contributed by atoms with Gasteiger partial charge in [-0.3, -0.25) is 0 Å². The second-order valence-corrected chi connectivity index (χ2v) is 5.50. The van der Waals surface area contributed by atoms with Crippen LogP contribution in [0.2, 0.25) is 10.2 Å². The first-order chi connectivity index (χ1) is 9.56. The molecule has 3 rings (SSSR count). The summed E-state index contributed by atoms with van der Waals surface area (Å²) in [5.41, 5.74) is 0.579. The summed E-state index contributed by atoms with van der Waals surface area (Å²) in [6.07, 6.45) is 2.09. The molecule has 0 radical (unpaired) electrons. The molecular formula is C14H11Cl2FN2O. The predicted molar refractivity (Wildman–Crippen MR) is 75.2 cm³/mol. The van der Waals surface area contributed by atoms with Crippen LogP contribution in [0, 0.1) is 12.7 Å². The maximum absolute atomic E-state index is 13.9. The van der Waals surface area contributed by atoms with Crippen molar-refractivity contribution in [3.8, 4) is 11.6 Å². The van der Waals surface area contributed by atoms with Gasteiger partial charge < -0.3 is 4.74 Å². The molecule has 2 aromatic rings. The normalized spacial score (nSPS) is 14.4. The van der Waals surface area contributed by atoms with E-state index in [1.54, 1.807) is 13.0 Å². The van der Waals surface area contributed by atoms with Gasteiger partial charge in [-0.25, -0.2) is 9.37 Å². The van der Waals surface area contributed by atoms with Gasteiger partial charge in [0.05, 0.1) is 5.02 Å². The number of aromatic nitrogens is 2. The molecule has 0 amide bonds. The van der Waals surface area contributed by atoms with Crippen molar-refractivity contribution in [3.63, 3.8) is 0 Å². The zero-order valence-corrected chi connectivity index (χ0v) is 12.2. The summed E-state index contributed by atoms with van der Waals surface area (Å²) in [6.45, 7) is 1.73. The average molecular weight is 313 g/mol. The third kappa shape index (κ3) is 2.58. The van der Waals surface area contributed by atoms with Crippen molar-refractivity contribution in [3.05, 3.63) is 45.6 Å². The SMILES string of the molecule is Cc1c(Cl)nc(C2CC2)nc1Oc1cccc(Cl)c1F. The van der Waals surface area contributed by atoms with Crippen molar-refractivity contribution in [1.82, 2.24) is 9.97 Å². The van der Waals surface area contributed by atoms with E-state index < -0.39 is 5.82 Å². The minimum absolute atomic E-state index is 0.00252. The van der Waals surface area contributed by atoms with Crippen LogP contribution in [-0.2, 0) is 0 Å². The standard InChI is InChI=1S/C14H11Cl2FN2O/c1-7-12(16)18-13(8-5-6-8)19-14(7)20-10-4-2-3-9(15)11(10)17/h2-4,8H,5-6H2,1H3. The van der Waals surface area contributed by atoms with Crippen LogP contribution in [0.5, 0.6) is 11.6 Å². The molecule has 0 aliphatic heterocycles. The fourth-order valence-electron chi connectivity index (χ4n) is 1.78. The van der Waals surface area contributed by atoms with Crippen molar-refractivity contribution in [2.24, 2.45) is 0 Å². The fourth-order valence-corrected chi connectivity index (χ4v) is 2.11. The Kier molecular flexibility index (Phi) is 3.52. The Morgan fingerprint density at radius 2 is 2.00 bits per heavy atom. The van der Waals surface area contributed by atoms with E-state index in [4.69, 9.17) is 27.9 Å². The minimum Gasteiger partial charge on any atom is -0.435 e. The average Bonchev–Trinajstić information content (AvgIpc) is 3.24. The van der Waals surface area contributed by atoms with Gasteiger partial charge in [-0.2, -0.15) is 4.98 Å². The minimum atomic E-state index is -0.615. The summed E-state index contributed by atoms with van der Waals surface area (Å²) in [6, 6.07) is 4.56. The quantitative estimate of drug-likeness (QED) is 0.756. The lowest BCUT2D eigenvalue weighted by Gasteiger charge is -2.11. The van der Waals surface area contributed by atoms with E-state index in [2.05, 4.69) is 9.97 Å². The zero-order chi connectivity index (χ0) is 14.3. The van der Waals surface area contributed by atoms with E-state index in [0.29, 0.717) is 22.5 Å². The van der Waals surface area contributed by atoms with Crippen LogP contribution in [0.4, 0.5) is 4.39 Å². The summed E-state index contributed by atoms with van der Waals surface area (Å²) >= 11 is 11.8. The first kappa shape index (κ1) is 13.6. The largest absolute Gasteiger partial charge is 0.435 e. The number of benzene rings is 1. The summed E-state index contributed by atoms with van der Waals surface area (Å²) in [4.78, 5) is 8.57. The molecule has 1 saturated carbocycles. The van der Waals surface area contributed by atoms with E-state index in [-0.39, 0.29) is 16.7 Å². The van der Waals surface area contributed by atoms with Crippen molar-refractivity contribution in [2.45, 2.75) is 25.7 Å². The maximum Gasteiger partial charge on any atom is 0.227 e. The van der Waals surface area contributed by atoms with Gasteiger partial charge in [0.2, 0.25) is 5.88 Å². The summed E-state index contributed by atoms with van der Waals surface area (Å²) < 4.78 is 19.4. The van der Waals surface area contributed by atoms with Gasteiger partial charge in [-0.1, -0.05) is 29.3 Å². The lowest BCUT2D eigenvalue weighted by Crippen LogP contribution is -2.01. The second kappa shape index (κ2) is 5.19. The number of hydrogen-bond acceptors (Lipinski definition) is 3. The Hall–Kier alpha value is -1.39. The van der Waals surface area contributed by atoms with Gasteiger partial charge in [0.15, 0.2) is 11.6 Å². The molecular weight excluding hydrogens is 302 g/mol. The molecule has 0 saturated heterocycles. The van der Waals surface area contributed by atoms with Gasteiger partial charge in [0.1, 0.15) is 11.0 Å². The molecule has 0 atom stereocenters. The molecule has 0 bridgehead atoms. The first-order valence-electron chi connectivity index (χ1n) is 6.22. The van der Waals surface area contributed by atoms with Crippen molar-refractivity contribution in [1.29, 1.82) is 0 Å². The van der Waals surface area contributed by atoms with Crippen LogP contribution >= 0.6 is 23.2 Å². The van der Waals surface area contributed by atoms with E-state index in [1.165, 1.54) is 12.1 Å². The molecule has 0 N–H and O–H groups in total. The maximum atomic E-state index is 13.9. The molecule has 20 heavy (non-hydrogen) atoms. The van der Waals surface area contributed by atoms with Crippen LogP contribution < -0.4 is 4.74 Å². The Morgan fingerprint density at radius 3 is 2.70 bits per heavy atom. The first-order valence-corrected chi connectivity index (χ1v) is 6.97. The second-order valence-electron chi connectivity index (χ2n) is 4.73. The Morgan fingerprint density at radius 1 is 1.25 bits per heavy atom. The van der Waals surface area contributed by atoms with E-state index in [9.17, 15) is 4.39 Å². The lowest BCUT2D eigenvalue weighted by atomic mass is 10.3. The summed E-state index contributed by atoms with van der Waals surface area (Å²) in [5.74, 6) is 0.666. The molecule has 1 aromatic carbocycles. The van der Waals surface area contributed by atoms with Crippen molar-refractivity contribution in [2.75, 3.05) is 0 Å². The van der Waals surface area contributed by atoms with Crippen molar-refractivity contribution >= 4 is 23.2 Å². The highest BCUT2D eigenvalue weighted by Gasteiger charge is 2.28. The monoisotopic (exact) mass is 312 g/mol. The third-order valence-corrected chi connectivity index (χ3v) is 3.78. The molecule has 1 aliphatic carbocycles. The topological polar surface area (TPSA) is 35.0 Å². The Labute approximate surface area is 125 Å². The highest BCUT2D eigenvalue weighted by Crippen LogP contribution is 2.40. The van der Waals surface area contributed by atoms with Gasteiger partial charge in [0.25, 0.3) is 0 Å². The Bertz CT molecular complexity index is 674. The van der Waals surface area contributed by atoms with Gasteiger partial charge in [0, 0.05) is 11.5 Å². The highest BCUT2D eigenvalue weighted by atomic mass is 35.5. The van der Waals surface area contributed by atoms with Crippen LogP contribution in [-0.4, -0.2) is 9.97 Å².